The van der Waals surface area contributed by atoms with Crippen molar-refractivity contribution in [1.82, 2.24) is 10.2 Å². The molecule has 1 aromatic carbocycles. The molecule has 0 aromatic heterocycles. The molecular weight excluding hydrogens is 330 g/mol. The number of rotatable bonds is 7. The fourth-order valence-corrected chi connectivity index (χ4v) is 3.90. The van der Waals surface area contributed by atoms with Crippen LogP contribution in [0.25, 0.3) is 0 Å². The standard InChI is InChI=1S/C20H29N3O3/c1-15-14-23(18-5-2-16(3-6-18)4-7-19(24)25)20(26)22(15)13-10-17-8-11-21-12-9-17/h2-3,5-6,15,17,21H,4,7-14H2,1H3,(H,24,25). The first-order valence-electron chi connectivity index (χ1n) is 9.64. The molecule has 6 heteroatoms. The third-order valence-electron chi connectivity index (χ3n) is 5.57. The van der Waals surface area contributed by atoms with Crippen molar-refractivity contribution in [2.24, 2.45) is 5.92 Å². The summed E-state index contributed by atoms with van der Waals surface area (Å²) in [6.07, 6.45) is 4.14. The van der Waals surface area contributed by atoms with E-state index in [1.54, 1.807) is 0 Å². The first kappa shape index (κ1) is 18.7. The molecule has 2 amide bonds. The van der Waals surface area contributed by atoms with Crippen molar-refractivity contribution < 1.29 is 14.7 Å². The number of carboxylic acids is 1. The average molecular weight is 359 g/mol. The van der Waals surface area contributed by atoms with Gasteiger partial charge in [0.05, 0.1) is 0 Å². The third kappa shape index (κ3) is 4.55. The van der Waals surface area contributed by atoms with Gasteiger partial charge in [-0.1, -0.05) is 12.1 Å². The zero-order valence-corrected chi connectivity index (χ0v) is 15.5. The first-order chi connectivity index (χ1) is 12.5. The predicted octanol–water partition coefficient (Wildman–Crippen LogP) is 2.72. The Balaban J connectivity index is 1.57. The summed E-state index contributed by atoms with van der Waals surface area (Å²) in [5.41, 5.74) is 1.88. The summed E-state index contributed by atoms with van der Waals surface area (Å²) in [6, 6.07) is 8.01. The van der Waals surface area contributed by atoms with E-state index in [-0.39, 0.29) is 18.5 Å². The van der Waals surface area contributed by atoms with Gasteiger partial charge >= 0.3 is 12.0 Å². The SMILES string of the molecule is CC1CN(c2ccc(CCC(=O)O)cc2)C(=O)N1CCC1CCNCC1. The summed E-state index contributed by atoms with van der Waals surface area (Å²) >= 11 is 0. The number of hydrogen-bond acceptors (Lipinski definition) is 3. The summed E-state index contributed by atoms with van der Waals surface area (Å²) in [5.74, 6) is -0.0687. The maximum Gasteiger partial charge on any atom is 0.324 e. The van der Waals surface area contributed by atoms with Crippen LogP contribution in [-0.2, 0) is 11.2 Å². The summed E-state index contributed by atoms with van der Waals surface area (Å²) < 4.78 is 0. The molecule has 1 unspecified atom stereocenters. The number of aliphatic carboxylic acids is 1. The summed E-state index contributed by atoms with van der Waals surface area (Å²) in [4.78, 5) is 27.4. The van der Waals surface area contributed by atoms with Crippen molar-refractivity contribution in [3.63, 3.8) is 0 Å². The lowest BCUT2D eigenvalue weighted by Crippen LogP contribution is -2.36. The fourth-order valence-electron chi connectivity index (χ4n) is 3.90. The van der Waals surface area contributed by atoms with Gasteiger partial charge in [-0.15, -0.1) is 0 Å². The molecule has 0 aliphatic carbocycles. The summed E-state index contributed by atoms with van der Waals surface area (Å²) in [7, 11) is 0. The van der Waals surface area contributed by atoms with E-state index < -0.39 is 5.97 Å². The number of aryl methyl sites for hydroxylation is 1. The average Bonchev–Trinajstić information content (AvgIpc) is 2.93. The molecule has 2 aliphatic rings. The van der Waals surface area contributed by atoms with Crippen LogP contribution in [0.2, 0.25) is 0 Å². The number of carboxylic acid groups (broad SMARTS) is 1. The highest BCUT2D eigenvalue weighted by Gasteiger charge is 2.35. The topological polar surface area (TPSA) is 72.9 Å². The lowest BCUT2D eigenvalue weighted by Gasteiger charge is -2.26. The number of amides is 2. The zero-order chi connectivity index (χ0) is 18.5. The van der Waals surface area contributed by atoms with E-state index in [9.17, 15) is 9.59 Å². The van der Waals surface area contributed by atoms with E-state index >= 15 is 0 Å². The van der Waals surface area contributed by atoms with Crippen LogP contribution in [0, 0.1) is 5.92 Å². The molecule has 2 fully saturated rings. The second kappa shape index (κ2) is 8.54. The van der Waals surface area contributed by atoms with Gasteiger partial charge in [-0.3, -0.25) is 9.69 Å². The molecule has 3 rings (SSSR count). The van der Waals surface area contributed by atoms with Gasteiger partial charge in [0.1, 0.15) is 0 Å². The van der Waals surface area contributed by atoms with Gasteiger partial charge < -0.3 is 15.3 Å². The molecule has 142 valence electrons. The highest BCUT2D eigenvalue weighted by Crippen LogP contribution is 2.26. The molecule has 6 nitrogen and oxygen atoms in total. The molecule has 26 heavy (non-hydrogen) atoms. The number of nitrogens with zero attached hydrogens (tertiary/aromatic N) is 2. The highest BCUT2D eigenvalue weighted by molar-refractivity contribution is 5.94. The lowest BCUT2D eigenvalue weighted by molar-refractivity contribution is -0.136. The van der Waals surface area contributed by atoms with E-state index in [0.29, 0.717) is 13.0 Å². The minimum absolute atomic E-state index is 0.0877. The number of hydrogen-bond donors (Lipinski definition) is 2. The smallest absolute Gasteiger partial charge is 0.324 e. The van der Waals surface area contributed by atoms with Crippen molar-refractivity contribution in [3.05, 3.63) is 29.8 Å². The molecule has 0 bridgehead atoms. The second-order valence-corrected chi connectivity index (χ2v) is 7.48. The Bertz CT molecular complexity index is 626. The van der Waals surface area contributed by atoms with Crippen LogP contribution < -0.4 is 10.2 Å². The summed E-state index contributed by atoms with van der Waals surface area (Å²) in [6.45, 7) is 5.84. The Morgan fingerprint density at radius 3 is 2.58 bits per heavy atom. The molecule has 2 N–H and O–H groups in total. The molecule has 0 radical (unpaired) electrons. The minimum Gasteiger partial charge on any atom is -0.481 e. The monoisotopic (exact) mass is 359 g/mol. The van der Waals surface area contributed by atoms with Crippen LogP contribution >= 0.6 is 0 Å². The number of carbonyl (C=O) groups is 2. The molecule has 0 spiro atoms. The predicted molar refractivity (Wildman–Crippen MR) is 102 cm³/mol. The number of nitrogens with one attached hydrogen (secondary N) is 1. The molecular formula is C20H29N3O3. The largest absolute Gasteiger partial charge is 0.481 e. The molecule has 2 saturated heterocycles. The van der Waals surface area contributed by atoms with Gasteiger partial charge in [-0.05, 0) is 69.3 Å². The quantitative estimate of drug-likeness (QED) is 0.785. The van der Waals surface area contributed by atoms with Gasteiger partial charge in [0.25, 0.3) is 0 Å². The van der Waals surface area contributed by atoms with Gasteiger partial charge in [-0.25, -0.2) is 4.79 Å². The van der Waals surface area contributed by atoms with Gasteiger partial charge in [0.2, 0.25) is 0 Å². The summed E-state index contributed by atoms with van der Waals surface area (Å²) in [5, 5.41) is 12.2. The van der Waals surface area contributed by atoms with Crippen LogP contribution in [-0.4, -0.2) is 54.2 Å². The Kier molecular flexibility index (Phi) is 6.14. The van der Waals surface area contributed by atoms with Crippen LogP contribution in [0.5, 0.6) is 0 Å². The van der Waals surface area contributed by atoms with Gasteiger partial charge in [0.15, 0.2) is 0 Å². The van der Waals surface area contributed by atoms with E-state index in [1.807, 2.05) is 34.1 Å². The normalized spacial score (nSPS) is 21.4. The molecule has 1 aromatic rings. The second-order valence-electron chi connectivity index (χ2n) is 7.48. The van der Waals surface area contributed by atoms with Crippen LogP contribution in [0.1, 0.15) is 38.2 Å². The maximum absolute atomic E-state index is 12.9. The number of benzene rings is 1. The van der Waals surface area contributed by atoms with E-state index in [2.05, 4.69) is 12.2 Å². The number of carbonyl (C=O) groups excluding carboxylic acids is 1. The van der Waals surface area contributed by atoms with Crippen LogP contribution in [0.3, 0.4) is 0 Å². The molecule has 2 heterocycles. The minimum atomic E-state index is -0.790. The number of urea groups is 1. The maximum atomic E-state index is 12.9. The van der Waals surface area contributed by atoms with E-state index in [0.717, 1.165) is 43.2 Å². The van der Waals surface area contributed by atoms with Crippen molar-refractivity contribution in [1.29, 1.82) is 0 Å². The highest BCUT2D eigenvalue weighted by atomic mass is 16.4. The first-order valence-corrected chi connectivity index (χ1v) is 9.64. The van der Waals surface area contributed by atoms with Crippen LogP contribution in [0.4, 0.5) is 10.5 Å². The lowest BCUT2D eigenvalue weighted by atomic mass is 9.94. The zero-order valence-electron chi connectivity index (χ0n) is 15.5. The van der Waals surface area contributed by atoms with Crippen molar-refractivity contribution >= 4 is 17.7 Å². The Morgan fingerprint density at radius 2 is 1.92 bits per heavy atom. The van der Waals surface area contributed by atoms with Gasteiger partial charge in [0, 0.05) is 31.2 Å². The Labute approximate surface area is 155 Å². The molecule has 0 saturated carbocycles. The van der Waals surface area contributed by atoms with E-state index in [1.165, 1.54) is 12.8 Å². The van der Waals surface area contributed by atoms with Crippen molar-refractivity contribution in [2.75, 3.05) is 31.1 Å². The van der Waals surface area contributed by atoms with Crippen LogP contribution in [0.15, 0.2) is 24.3 Å². The van der Waals surface area contributed by atoms with E-state index in [4.69, 9.17) is 5.11 Å². The Hall–Kier alpha value is -2.08. The number of anilines is 1. The number of piperidine rings is 1. The third-order valence-corrected chi connectivity index (χ3v) is 5.57. The molecule has 1 atom stereocenters. The Morgan fingerprint density at radius 1 is 1.23 bits per heavy atom. The fraction of sp³-hybridized carbons (Fsp3) is 0.600. The van der Waals surface area contributed by atoms with Crippen molar-refractivity contribution in [3.8, 4) is 0 Å². The molecule has 2 aliphatic heterocycles. The van der Waals surface area contributed by atoms with Crippen molar-refractivity contribution in [2.45, 2.75) is 45.1 Å². The van der Waals surface area contributed by atoms with Gasteiger partial charge in [-0.2, -0.15) is 0 Å².